The molecule has 2 heteroatoms. The highest BCUT2D eigenvalue weighted by atomic mass is 32.1. The molecule has 1 unspecified atom stereocenters. The molecule has 1 saturated carbocycles. The monoisotopic (exact) mass is 257 g/mol. The van der Waals surface area contributed by atoms with Crippen molar-refractivity contribution in [1.29, 1.82) is 0 Å². The molecule has 1 aliphatic carbocycles. The predicted molar refractivity (Wildman–Crippen MR) is 78.0 cm³/mol. The molecular weight excluding hydrogens is 238 g/mol. The van der Waals surface area contributed by atoms with E-state index in [1.165, 1.54) is 34.6 Å². The fourth-order valence-corrected chi connectivity index (χ4v) is 4.00. The summed E-state index contributed by atoms with van der Waals surface area (Å²) < 4.78 is 0. The summed E-state index contributed by atoms with van der Waals surface area (Å²) >= 11 is 1.84. The van der Waals surface area contributed by atoms with E-state index in [2.05, 4.69) is 49.4 Å². The van der Waals surface area contributed by atoms with Crippen molar-refractivity contribution in [2.45, 2.75) is 37.6 Å². The molecule has 1 aliphatic rings. The van der Waals surface area contributed by atoms with Crippen LogP contribution < -0.4 is 5.73 Å². The van der Waals surface area contributed by atoms with E-state index in [9.17, 15) is 0 Å². The molecule has 0 spiro atoms. The smallest absolute Gasteiger partial charge is 0.0488 e. The largest absolute Gasteiger partial charge is 0.323 e. The van der Waals surface area contributed by atoms with Crippen molar-refractivity contribution in [3.05, 3.63) is 57.8 Å². The van der Waals surface area contributed by atoms with E-state index in [4.69, 9.17) is 5.73 Å². The molecule has 1 atom stereocenters. The van der Waals surface area contributed by atoms with Crippen LogP contribution in [-0.4, -0.2) is 0 Å². The van der Waals surface area contributed by atoms with Crippen molar-refractivity contribution < 1.29 is 0 Å². The summed E-state index contributed by atoms with van der Waals surface area (Å²) in [5.41, 5.74) is 8.18. The molecule has 1 fully saturated rings. The highest BCUT2D eigenvalue weighted by molar-refractivity contribution is 7.12. The van der Waals surface area contributed by atoms with Crippen LogP contribution in [0.15, 0.2) is 42.5 Å². The maximum absolute atomic E-state index is 6.59. The van der Waals surface area contributed by atoms with E-state index < -0.39 is 0 Å². The average molecular weight is 257 g/mol. The first-order valence-corrected chi connectivity index (χ1v) is 7.41. The van der Waals surface area contributed by atoms with Gasteiger partial charge in [-0.25, -0.2) is 0 Å². The zero-order valence-electron chi connectivity index (χ0n) is 10.7. The first-order chi connectivity index (χ1) is 8.72. The topological polar surface area (TPSA) is 26.0 Å². The van der Waals surface area contributed by atoms with Crippen LogP contribution in [0.1, 0.15) is 40.6 Å². The highest BCUT2D eigenvalue weighted by Crippen LogP contribution is 2.51. The first-order valence-electron chi connectivity index (χ1n) is 6.60. The van der Waals surface area contributed by atoms with E-state index in [1.807, 2.05) is 11.3 Å². The van der Waals surface area contributed by atoms with E-state index in [-0.39, 0.29) is 11.5 Å². The molecule has 1 heterocycles. The molecule has 1 nitrogen and oxygen atoms in total. The number of hydrogen-bond acceptors (Lipinski definition) is 2. The van der Waals surface area contributed by atoms with Gasteiger partial charge in [0.2, 0.25) is 0 Å². The summed E-state index contributed by atoms with van der Waals surface area (Å²) in [7, 11) is 0. The van der Waals surface area contributed by atoms with Gasteiger partial charge >= 0.3 is 0 Å². The molecule has 0 aliphatic heterocycles. The molecule has 3 rings (SSSR count). The van der Waals surface area contributed by atoms with Crippen LogP contribution in [0.2, 0.25) is 0 Å². The van der Waals surface area contributed by atoms with Gasteiger partial charge in [0.15, 0.2) is 0 Å². The normalized spacial score (nSPS) is 19.2. The van der Waals surface area contributed by atoms with Crippen LogP contribution in [0.25, 0.3) is 0 Å². The first kappa shape index (κ1) is 11.9. The molecule has 1 aromatic heterocycles. The third-order valence-corrected chi connectivity index (χ3v) is 5.34. The minimum absolute atomic E-state index is 0.146. The minimum Gasteiger partial charge on any atom is -0.323 e. The molecule has 2 N–H and O–H groups in total. The lowest BCUT2D eigenvalue weighted by atomic mass is 9.60. The van der Waals surface area contributed by atoms with Crippen LogP contribution >= 0.6 is 11.3 Å². The van der Waals surface area contributed by atoms with Crippen molar-refractivity contribution in [3.8, 4) is 0 Å². The summed E-state index contributed by atoms with van der Waals surface area (Å²) in [6, 6.07) is 15.3. The van der Waals surface area contributed by atoms with Gasteiger partial charge in [-0.15, -0.1) is 11.3 Å². The van der Waals surface area contributed by atoms with Gasteiger partial charge in [0, 0.05) is 21.2 Å². The molecule has 2 aromatic rings. The second-order valence-corrected chi connectivity index (χ2v) is 6.62. The molecule has 1 aromatic carbocycles. The van der Waals surface area contributed by atoms with E-state index >= 15 is 0 Å². The fraction of sp³-hybridized carbons (Fsp3) is 0.375. The maximum Gasteiger partial charge on any atom is 0.0488 e. The van der Waals surface area contributed by atoms with Gasteiger partial charge in [0.05, 0.1) is 0 Å². The van der Waals surface area contributed by atoms with E-state index in [0.717, 1.165) is 0 Å². The van der Waals surface area contributed by atoms with Gasteiger partial charge in [0.25, 0.3) is 0 Å². The third kappa shape index (κ3) is 1.80. The molecule has 0 bridgehead atoms. The van der Waals surface area contributed by atoms with Crippen molar-refractivity contribution in [1.82, 2.24) is 0 Å². The van der Waals surface area contributed by atoms with Gasteiger partial charge in [-0.2, -0.15) is 0 Å². The molecular formula is C16H19NS. The number of aryl methyl sites for hydroxylation is 1. The van der Waals surface area contributed by atoms with Gasteiger partial charge in [-0.05, 0) is 37.5 Å². The second-order valence-electron chi connectivity index (χ2n) is 5.30. The fourth-order valence-electron chi connectivity index (χ4n) is 3.00. The van der Waals surface area contributed by atoms with Gasteiger partial charge in [0.1, 0.15) is 0 Å². The molecule has 94 valence electrons. The van der Waals surface area contributed by atoms with E-state index in [1.54, 1.807) is 0 Å². The zero-order valence-corrected chi connectivity index (χ0v) is 11.5. The Balaban J connectivity index is 1.97. The van der Waals surface area contributed by atoms with Crippen LogP contribution in [0.3, 0.4) is 0 Å². The number of rotatable bonds is 3. The second kappa shape index (κ2) is 4.52. The lowest BCUT2D eigenvalue weighted by Crippen LogP contribution is -2.44. The summed E-state index contributed by atoms with van der Waals surface area (Å²) in [6.45, 7) is 2.15. The van der Waals surface area contributed by atoms with Crippen molar-refractivity contribution in [3.63, 3.8) is 0 Å². The Morgan fingerprint density at radius 1 is 1.11 bits per heavy atom. The van der Waals surface area contributed by atoms with Crippen molar-refractivity contribution >= 4 is 11.3 Å². The summed E-state index contributed by atoms with van der Waals surface area (Å²) in [5.74, 6) is 0. The molecule has 0 radical (unpaired) electrons. The van der Waals surface area contributed by atoms with Crippen molar-refractivity contribution in [2.24, 2.45) is 5.73 Å². The third-order valence-electron chi connectivity index (χ3n) is 4.26. The number of nitrogens with two attached hydrogens (primary N) is 1. The van der Waals surface area contributed by atoms with Gasteiger partial charge < -0.3 is 5.73 Å². The molecule has 0 saturated heterocycles. The Morgan fingerprint density at radius 3 is 2.33 bits per heavy atom. The summed E-state index contributed by atoms with van der Waals surface area (Å²) in [5, 5.41) is 0. The SMILES string of the molecule is Cc1ccc(C(N)C2(c3ccccc3)CCC2)s1. The number of benzene rings is 1. The number of hydrogen-bond donors (Lipinski definition) is 1. The Bertz CT molecular complexity index is 525. The maximum atomic E-state index is 6.59. The summed E-state index contributed by atoms with van der Waals surface area (Å²) in [4.78, 5) is 2.68. The number of thiophene rings is 1. The average Bonchev–Trinajstić information content (AvgIpc) is 2.76. The lowest BCUT2D eigenvalue weighted by Gasteiger charge is -2.46. The minimum atomic E-state index is 0.146. The van der Waals surface area contributed by atoms with Gasteiger partial charge in [-0.3, -0.25) is 0 Å². The highest BCUT2D eigenvalue weighted by Gasteiger charge is 2.44. The zero-order chi connectivity index (χ0) is 12.6. The molecule has 0 amide bonds. The Labute approximate surface area is 113 Å². The Kier molecular flexibility index (Phi) is 3.00. The van der Waals surface area contributed by atoms with Crippen molar-refractivity contribution in [2.75, 3.05) is 0 Å². The lowest BCUT2D eigenvalue weighted by molar-refractivity contribution is 0.198. The Morgan fingerprint density at radius 2 is 1.83 bits per heavy atom. The summed E-state index contributed by atoms with van der Waals surface area (Å²) in [6.07, 6.45) is 3.73. The standard InChI is InChI=1S/C16H19NS/c1-12-8-9-14(18-12)15(17)16(10-5-11-16)13-6-3-2-4-7-13/h2-4,6-9,15H,5,10-11,17H2,1H3. The van der Waals surface area contributed by atoms with Crippen LogP contribution in [0.5, 0.6) is 0 Å². The molecule has 18 heavy (non-hydrogen) atoms. The van der Waals surface area contributed by atoms with Crippen LogP contribution in [0.4, 0.5) is 0 Å². The predicted octanol–water partition coefficient (Wildman–Crippen LogP) is 4.18. The quantitative estimate of drug-likeness (QED) is 0.877. The van der Waals surface area contributed by atoms with Gasteiger partial charge in [-0.1, -0.05) is 36.8 Å². The van der Waals surface area contributed by atoms with Crippen LogP contribution in [0, 0.1) is 6.92 Å². The Hall–Kier alpha value is -1.12. The van der Waals surface area contributed by atoms with E-state index in [0.29, 0.717) is 0 Å². The van der Waals surface area contributed by atoms with Crippen LogP contribution in [-0.2, 0) is 5.41 Å².